The highest BCUT2D eigenvalue weighted by atomic mass is 32.1. The van der Waals surface area contributed by atoms with Crippen LogP contribution < -0.4 is 0 Å². The fourth-order valence-corrected chi connectivity index (χ4v) is 4.04. The van der Waals surface area contributed by atoms with E-state index in [0.717, 1.165) is 53.8 Å². The van der Waals surface area contributed by atoms with E-state index in [9.17, 15) is 9.18 Å². The van der Waals surface area contributed by atoms with Crippen LogP contribution in [0.3, 0.4) is 0 Å². The molecule has 1 aromatic carbocycles. The highest BCUT2D eigenvalue weighted by Gasteiger charge is 2.28. The molecular formula is C19H19FN4OS. The van der Waals surface area contributed by atoms with Crippen LogP contribution in [0.4, 0.5) is 4.39 Å². The summed E-state index contributed by atoms with van der Waals surface area (Å²) in [5, 5.41) is 4.56. The van der Waals surface area contributed by atoms with Gasteiger partial charge in [-0.3, -0.25) is 9.78 Å². The van der Waals surface area contributed by atoms with E-state index in [1.165, 1.54) is 24.8 Å². The van der Waals surface area contributed by atoms with Crippen molar-refractivity contribution in [1.29, 1.82) is 0 Å². The Balaban J connectivity index is 1.63. The zero-order valence-corrected chi connectivity index (χ0v) is 15.1. The summed E-state index contributed by atoms with van der Waals surface area (Å²) >= 11 is 1.12. The van der Waals surface area contributed by atoms with Gasteiger partial charge in [0.05, 0.1) is 24.0 Å². The topological polar surface area (TPSA) is 59.0 Å². The molecular weight excluding hydrogens is 351 g/mol. The number of hydrogen-bond acceptors (Lipinski definition) is 5. The molecule has 0 atom stereocenters. The number of nitrogens with zero attached hydrogens (tertiary/aromatic N) is 4. The molecule has 1 aliphatic rings. The van der Waals surface area contributed by atoms with E-state index in [-0.39, 0.29) is 17.8 Å². The summed E-state index contributed by atoms with van der Waals surface area (Å²) in [4.78, 5) is 20.1. The first kappa shape index (κ1) is 17.0. The first-order chi connectivity index (χ1) is 12.7. The standard InChI is InChI=1S/C19H19FN4OS/c20-14-7-9-17-13(10-14)6-8-15(22-17)12-24(16-4-2-1-3-5-16)19(25)18-11-21-23-26-18/h6-11,16H,1-5,12H2. The van der Waals surface area contributed by atoms with Crippen LogP contribution in [-0.2, 0) is 6.54 Å². The van der Waals surface area contributed by atoms with Gasteiger partial charge in [-0.25, -0.2) is 4.39 Å². The average Bonchev–Trinajstić information content (AvgIpc) is 3.21. The molecule has 0 aliphatic heterocycles. The number of pyridine rings is 1. The molecule has 1 fully saturated rings. The summed E-state index contributed by atoms with van der Waals surface area (Å²) in [5.74, 6) is -0.309. The van der Waals surface area contributed by atoms with Crippen LogP contribution in [0.5, 0.6) is 0 Å². The molecule has 0 saturated heterocycles. The third-order valence-electron chi connectivity index (χ3n) is 4.89. The average molecular weight is 370 g/mol. The van der Waals surface area contributed by atoms with Gasteiger partial charge in [-0.15, -0.1) is 5.10 Å². The molecule has 1 amide bonds. The van der Waals surface area contributed by atoms with Gasteiger partial charge >= 0.3 is 0 Å². The normalized spacial score (nSPS) is 15.3. The van der Waals surface area contributed by atoms with E-state index in [1.807, 2.05) is 17.0 Å². The molecule has 1 saturated carbocycles. The van der Waals surface area contributed by atoms with Crippen LogP contribution >= 0.6 is 11.5 Å². The molecule has 5 nitrogen and oxygen atoms in total. The predicted molar refractivity (Wildman–Crippen MR) is 98.4 cm³/mol. The molecule has 0 radical (unpaired) electrons. The van der Waals surface area contributed by atoms with Gasteiger partial charge in [0, 0.05) is 11.4 Å². The van der Waals surface area contributed by atoms with E-state index in [0.29, 0.717) is 11.4 Å². The summed E-state index contributed by atoms with van der Waals surface area (Å²) in [6.07, 6.45) is 7.05. The van der Waals surface area contributed by atoms with E-state index in [2.05, 4.69) is 14.6 Å². The van der Waals surface area contributed by atoms with Crippen LogP contribution in [-0.4, -0.2) is 31.4 Å². The van der Waals surface area contributed by atoms with Gasteiger partial charge in [0.2, 0.25) is 0 Å². The van der Waals surface area contributed by atoms with Crippen molar-refractivity contribution >= 4 is 28.3 Å². The van der Waals surface area contributed by atoms with Crippen molar-refractivity contribution in [3.8, 4) is 0 Å². The molecule has 2 aromatic heterocycles. The van der Waals surface area contributed by atoms with Crippen molar-refractivity contribution in [2.24, 2.45) is 0 Å². The molecule has 2 heterocycles. The van der Waals surface area contributed by atoms with Crippen molar-refractivity contribution in [3.63, 3.8) is 0 Å². The van der Waals surface area contributed by atoms with Crippen LogP contribution in [0.2, 0.25) is 0 Å². The zero-order valence-electron chi connectivity index (χ0n) is 14.3. The van der Waals surface area contributed by atoms with Crippen LogP contribution in [0.15, 0.2) is 36.5 Å². The minimum absolute atomic E-state index is 0.0343. The van der Waals surface area contributed by atoms with E-state index in [4.69, 9.17) is 0 Å². The quantitative estimate of drug-likeness (QED) is 0.691. The lowest BCUT2D eigenvalue weighted by Crippen LogP contribution is -2.40. The van der Waals surface area contributed by atoms with Crippen LogP contribution in [0.1, 0.15) is 47.5 Å². The molecule has 26 heavy (non-hydrogen) atoms. The predicted octanol–water partition coefficient (Wildman–Crippen LogP) is 4.20. The maximum atomic E-state index is 13.4. The number of fused-ring (bicyclic) bond motifs is 1. The lowest BCUT2D eigenvalue weighted by molar-refractivity contribution is 0.0616. The van der Waals surface area contributed by atoms with Gasteiger partial charge in [0.25, 0.3) is 5.91 Å². The minimum atomic E-state index is -0.274. The number of benzene rings is 1. The second kappa shape index (κ2) is 7.45. The number of amides is 1. The smallest absolute Gasteiger partial charge is 0.267 e. The number of aromatic nitrogens is 3. The summed E-state index contributed by atoms with van der Waals surface area (Å²) < 4.78 is 17.2. The molecule has 0 N–H and O–H groups in total. The van der Waals surface area contributed by atoms with Gasteiger partial charge in [0.1, 0.15) is 10.7 Å². The van der Waals surface area contributed by atoms with E-state index in [1.54, 1.807) is 6.07 Å². The molecule has 0 unspecified atom stereocenters. The van der Waals surface area contributed by atoms with Crippen LogP contribution in [0, 0.1) is 5.82 Å². The SMILES string of the molecule is O=C(c1cnns1)N(Cc1ccc2cc(F)ccc2n1)C1CCCCC1. The second-order valence-electron chi connectivity index (χ2n) is 6.65. The third-order valence-corrected chi connectivity index (χ3v) is 5.54. The molecule has 3 aromatic rings. The largest absolute Gasteiger partial charge is 0.329 e. The monoisotopic (exact) mass is 370 g/mol. The second-order valence-corrected chi connectivity index (χ2v) is 7.43. The zero-order chi connectivity index (χ0) is 17.9. The Hall–Kier alpha value is -2.41. The Kier molecular flexibility index (Phi) is 4.88. The van der Waals surface area contributed by atoms with Crippen molar-refractivity contribution in [3.05, 3.63) is 52.9 Å². The van der Waals surface area contributed by atoms with Crippen molar-refractivity contribution in [1.82, 2.24) is 19.5 Å². The fourth-order valence-electron chi connectivity index (χ4n) is 3.56. The minimum Gasteiger partial charge on any atom is -0.329 e. The first-order valence-electron chi connectivity index (χ1n) is 8.84. The molecule has 0 bridgehead atoms. The van der Waals surface area contributed by atoms with Crippen LogP contribution in [0.25, 0.3) is 10.9 Å². The number of hydrogen-bond donors (Lipinski definition) is 0. The number of carbonyl (C=O) groups excluding carboxylic acids is 1. The van der Waals surface area contributed by atoms with Gasteiger partial charge in [-0.05, 0) is 48.6 Å². The van der Waals surface area contributed by atoms with Gasteiger partial charge in [0.15, 0.2) is 0 Å². The van der Waals surface area contributed by atoms with Crippen molar-refractivity contribution < 1.29 is 9.18 Å². The number of carbonyl (C=O) groups is 1. The molecule has 134 valence electrons. The third kappa shape index (κ3) is 3.58. The maximum Gasteiger partial charge on any atom is 0.267 e. The van der Waals surface area contributed by atoms with Crippen molar-refractivity contribution in [2.45, 2.75) is 44.7 Å². The lowest BCUT2D eigenvalue weighted by atomic mass is 9.94. The Labute approximate surface area is 155 Å². The highest BCUT2D eigenvalue weighted by Crippen LogP contribution is 2.26. The van der Waals surface area contributed by atoms with Gasteiger partial charge in [-0.2, -0.15) is 0 Å². The van der Waals surface area contributed by atoms with Gasteiger partial charge in [-0.1, -0.05) is 29.8 Å². The molecule has 4 rings (SSSR count). The summed E-state index contributed by atoms with van der Waals surface area (Å²) in [7, 11) is 0. The molecule has 0 spiro atoms. The van der Waals surface area contributed by atoms with E-state index >= 15 is 0 Å². The highest BCUT2D eigenvalue weighted by molar-refractivity contribution is 7.07. The number of halogens is 1. The maximum absolute atomic E-state index is 13.4. The Morgan fingerprint density at radius 3 is 2.81 bits per heavy atom. The molecule has 1 aliphatic carbocycles. The summed E-state index contributed by atoms with van der Waals surface area (Å²) in [6.45, 7) is 0.439. The molecule has 7 heteroatoms. The summed E-state index contributed by atoms with van der Waals surface area (Å²) in [6, 6.07) is 8.50. The Morgan fingerprint density at radius 2 is 2.04 bits per heavy atom. The van der Waals surface area contributed by atoms with Crippen molar-refractivity contribution in [2.75, 3.05) is 0 Å². The summed E-state index contributed by atoms with van der Waals surface area (Å²) in [5.41, 5.74) is 1.54. The Morgan fingerprint density at radius 1 is 1.19 bits per heavy atom. The number of rotatable bonds is 4. The lowest BCUT2D eigenvalue weighted by Gasteiger charge is -2.33. The first-order valence-corrected chi connectivity index (χ1v) is 9.61. The Bertz CT molecular complexity index is 909. The van der Waals surface area contributed by atoms with Gasteiger partial charge < -0.3 is 4.90 Å². The fraction of sp³-hybridized carbons (Fsp3) is 0.368. The van der Waals surface area contributed by atoms with E-state index < -0.39 is 0 Å².